The van der Waals surface area contributed by atoms with Gasteiger partial charge in [0.25, 0.3) is 0 Å². The lowest BCUT2D eigenvalue weighted by Crippen LogP contribution is -2.35. The molecule has 0 aliphatic carbocycles. The molecule has 0 saturated carbocycles. The molecule has 0 bridgehead atoms. The van der Waals surface area contributed by atoms with Gasteiger partial charge in [-0.05, 0) is 95.6 Å². The third kappa shape index (κ3) is 3.65. The van der Waals surface area contributed by atoms with Crippen molar-refractivity contribution in [2.75, 3.05) is 0 Å². The Morgan fingerprint density at radius 2 is 1.68 bits per heavy atom. The van der Waals surface area contributed by atoms with Crippen molar-refractivity contribution >= 4 is 17.3 Å². The maximum Gasteiger partial charge on any atom is 0.170 e. The molecule has 2 unspecified atom stereocenters. The molecule has 0 radical (unpaired) electrons. The molecule has 3 aromatic rings. The van der Waals surface area contributed by atoms with Crippen LogP contribution in [-0.2, 0) is 0 Å². The smallest absolute Gasteiger partial charge is 0.170 e. The van der Waals surface area contributed by atoms with E-state index in [2.05, 4.69) is 92.5 Å². The Labute approximate surface area is 191 Å². The highest BCUT2D eigenvalue weighted by Crippen LogP contribution is 2.42. The number of pyridine rings is 1. The predicted octanol–water partition coefficient (Wildman–Crippen LogP) is 5.80. The van der Waals surface area contributed by atoms with Crippen molar-refractivity contribution in [1.29, 1.82) is 0 Å². The fourth-order valence-corrected chi connectivity index (χ4v) is 5.66. The summed E-state index contributed by atoms with van der Waals surface area (Å²) in [6.45, 7) is 15.4. The standard InChI is InChI=1S/C26H32N4S/c1-15(2)29-25(23(28-26(29)31)22-10-8-9-11-27-22)21-14-19(6)30(20(21)7)24-17(4)12-16(3)13-18(24)5/h8-15,23,25H,1-7H3,(H,28,31). The van der Waals surface area contributed by atoms with Gasteiger partial charge in [-0.3, -0.25) is 4.98 Å². The Kier molecular flexibility index (Phi) is 5.65. The van der Waals surface area contributed by atoms with Crippen LogP contribution in [0.15, 0.2) is 42.6 Å². The molecular weight excluding hydrogens is 400 g/mol. The minimum Gasteiger partial charge on any atom is -0.352 e. The Hall–Kier alpha value is -2.66. The van der Waals surface area contributed by atoms with Crippen molar-refractivity contribution in [1.82, 2.24) is 19.8 Å². The van der Waals surface area contributed by atoms with E-state index in [1.165, 1.54) is 39.3 Å². The van der Waals surface area contributed by atoms with Gasteiger partial charge in [0.15, 0.2) is 5.11 Å². The number of thiocarbonyl (C=S) groups is 1. The molecule has 1 N–H and O–H groups in total. The molecule has 4 rings (SSSR count). The molecule has 1 aromatic carbocycles. The van der Waals surface area contributed by atoms with E-state index >= 15 is 0 Å². The molecule has 0 amide bonds. The zero-order chi connectivity index (χ0) is 22.4. The van der Waals surface area contributed by atoms with E-state index in [0.717, 1.165) is 10.8 Å². The van der Waals surface area contributed by atoms with Crippen molar-refractivity contribution in [3.8, 4) is 5.69 Å². The van der Waals surface area contributed by atoms with Crippen molar-refractivity contribution in [3.05, 3.63) is 81.9 Å². The third-order valence-corrected chi connectivity index (χ3v) is 6.67. The maximum absolute atomic E-state index is 5.78. The van der Waals surface area contributed by atoms with Crippen LogP contribution in [0.3, 0.4) is 0 Å². The zero-order valence-electron chi connectivity index (χ0n) is 19.5. The van der Waals surface area contributed by atoms with Crippen molar-refractivity contribution in [3.63, 3.8) is 0 Å². The summed E-state index contributed by atoms with van der Waals surface area (Å²) in [5.41, 5.74) is 10.00. The van der Waals surface area contributed by atoms with E-state index in [-0.39, 0.29) is 18.1 Å². The first-order valence-corrected chi connectivity index (χ1v) is 11.4. The summed E-state index contributed by atoms with van der Waals surface area (Å²) in [6, 6.07) is 13.4. The molecule has 4 nitrogen and oxygen atoms in total. The number of benzene rings is 1. The summed E-state index contributed by atoms with van der Waals surface area (Å²) in [4.78, 5) is 6.99. The molecule has 31 heavy (non-hydrogen) atoms. The van der Waals surface area contributed by atoms with E-state index < -0.39 is 0 Å². The van der Waals surface area contributed by atoms with Crippen LogP contribution in [0, 0.1) is 34.6 Å². The minimum atomic E-state index is 0.0188. The topological polar surface area (TPSA) is 33.1 Å². The fraction of sp³-hybridized carbons (Fsp3) is 0.385. The van der Waals surface area contributed by atoms with Crippen molar-refractivity contribution in [2.45, 2.75) is 66.6 Å². The van der Waals surface area contributed by atoms with Gasteiger partial charge >= 0.3 is 0 Å². The second-order valence-electron chi connectivity index (χ2n) is 9.04. The van der Waals surface area contributed by atoms with Gasteiger partial charge in [0.1, 0.15) is 0 Å². The Morgan fingerprint density at radius 3 is 2.26 bits per heavy atom. The van der Waals surface area contributed by atoms with E-state index in [1.807, 2.05) is 18.3 Å². The lowest BCUT2D eigenvalue weighted by atomic mass is 9.96. The van der Waals surface area contributed by atoms with Crippen LogP contribution in [-0.4, -0.2) is 25.6 Å². The van der Waals surface area contributed by atoms with Gasteiger partial charge in [-0.15, -0.1) is 0 Å². The summed E-state index contributed by atoms with van der Waals surface area (Å²) in [5, 5.41) is 4.36. The second kappa shape index (κ2) is 8.12. The van der Waals surface area contributed by atoms with E-state index in [1.54, 1.807) is 0 Å². The molecule has 2 atom stereocenters. The molecule has 1 aliphatic heterocycles. The van der Waals surface area contributed by atoms with Gasteiger partial charge in [0, 0.05) is 23.6 Å². The highest BCUT2D eigenvalue weighted by Gasteiger charge is 2.42. The van der Waals surface area contributed by atoms with Gasteiger partial charge in [-0.2, -0.15) is 0 Å². The average Bonchev–Trinajstić information content (AvgIpc) is 3.19. The van der Waals surface area contributed by atoms with Crippen LogP contribution in [0.2, 0.25) is 0 Å². The SMILES string of the molecule is Cc1cc(C)c(-n2c(C)cc(C3C(c4ccccn4)NC(=S)N3C(C)C)c2C)c(C)c1. The van der Waals surface area contributed by atoms with Crippen LogP contribution >= 0.6 is 12.2 Å². The molecule has 1 aliphatic rings. The third-order valence-electron chi connectivity index (χ3n) is 6.34. The Morgan fingerprint density at radius 1 is 1.00 bits per heavy atom. The quantitative estimate of drug-likeness (QED) is 0.529. The van der Waals surface area contributed by atoms with Crippen LogP contribution in [0.4, 0.5) is 0 Å². The summed E-state index contributed by atoms with van der Waals surface area (Å²) in [7, 11) is 0. The average molecular weight is 433 g/mol. The number of hydrogen-bond donors (Lipinski definition) is 1. The number of hydrogen-bond acceptors (Lipinski definition) is 2. The lowest BCUT2D eigenvalue weighted by molar-refractivity contribution is 0.269. The zero-order valence-corrected chi connectivity index (χ0v) is 20.3. The first kappa shape index (κ1) is 21.6. The highest BCUT2D eigenvalue weighted by molar-refractivity contribution is 7.80. The largest absolute Gasteiger partial charge is 0.352 e. The highest BCUT2D eigenvalue weighted by atomic mass is 32.1. The van der Waals surface area contributed by atoms with Crippen molar-refractivity contribution in [2.24, 2.45) is 0 Å². The van der Waals surface area contributed by atoms with Crippen LogP contribution in [0.1, 0.15) is 65.3 Å². The molecule has 2 aromatic heterocycles. The first-order valence-electron chi connectivity index (χ1n) is 11.0. The van der Waals surface area contributed by atoms with E-state index in [0.29, 0.717) is 0 Å². The van der Waals surface area contributed by atoms with Gasteiger partial charge in [-0.1, -0.05) is 23.8 Å². The first-order chi connectivity index (χ1) is 14.7. The summed E-state index contributed by atoms with van der Waals surface area (Å²) < 4.78 is 2.41. The lowest BCUT2D eigenvalue weighted by Gasteiger charge is -2.31. The molecule has 162 valence electrons. The minimum absolute atomic E-state index is 0.0188. The molecule has 5 heteroatoms. The molecule has 3 heterocycles. The summed E-state index contributed by atoms with van der Waals surface area (Å²) in [5.74, 6) is 0. The number of aromatic nitrogens is 2. The Balaban J connectivity index is 1.90. The molecular formula is C26H32N4S. The number of rotatable bonds is 4. The second-order valence-corrected chi connectivity index (χ2v) is 9.42. The summed E-state index contributed by atoms with van der Waals surface area (Å²) in [6.07, 6.45) is 1.86. The van der Waals surface area contributed by atoms with Crippen LogP contribution < -0.4 is 5.32 Å². The Bertz CT molecular complexity index is 1110. The van der Waals surface area contributed by atoms with Gasteiger partial charge in [-0.25, -0.2) is 0 Å². The molecule has 1 saturated heterocycles. The van der Waals surface area contributed by atoms with E-state index in [4.69, 9.17) is 12.2 Å². The fourth-order valence-electron chi connectivity index (χ4n) is 5.21. The van der Waals surface area contributed by atoms with Crippen LogP contribution in [0.5, 0.6) is 0 Å². The monoisotopic (exact) mass is 432 g/mol. The van der Waals surface area contributed by atoms with Gasteiger partial charge in [0.2, 0.25) is 0 Å². The van der Waals surface area contributed by atoms with E-state index in [9.17, 15) is 0 Å². The molecule has 0 spiro atoms. The normalized spacial score (nSPS) is 18.7. The number of nitrogens with zero attached hydrogens (tertiary/aromatic N) is 3. The maximum atomic E-state index is 5.78. The van der Waals surface area contributed by atoms with Crippen molar-refractivity contribution < 1.29 is 0 Å². The summed E-state index contributed by atoms with van der Waals surface area (Å²) >= 11 is 5.78. The van der Waals surface area contributed by atoms with Gasteiger partial charge < -0.3 is 14.8 Å². The number of aryl methyl sites for hydroxylation is 4. The van der Waals surface area contributed by atoms with Crippen LogP contribution in [0.25, 0.3) is 5.69 Å². The molecule has 1 fully saturated rings. The van der Waals surface area contributed by atoms with Gasteiger partial charge in [0.05, 0.1) is 23.5 Å². The number of nitrogens with one attached hydrogen (secondary N) is 1. The predicted molar refractivity (Wildman–Crippen MR) is 132 cm³/mol.